The molecular weight excluding hydrogens is 224 g/mol. The molecule has 1 aromatic rings. The van der Waals surface area contributed by atoms with E-state index in [1.807, 2.05) is 13.1 Å². The normalized spacial score (nSPS) is 11.3. The van der Waals surface area contributed by atoms with Gasteiger partial charge in [-0.15, -0.1) is 0 Å². The van der Waals surface area contributed by atoms with Crippen molar-refractivity contribution in [2.45, 2.75) is 41.2 Å². The smallest absolute Gasteiger partial charge is 0.225 e. The van der Waals surface area contributed by atoms with Crippen LogP contribution in [-0.2, 0) is 6.54 Å². The van der Waals surface area contributed by atoms with Crippen molar-refractivity contribution in [2.24, 2.45) is 17.6 Å². The third-order valence-electron chi connectivity index (χ3n) is 2.74. The van der Waals surface area contributed by atoms with Crippen molar-refractivity contribution in [3.05, 3.63) is 17.5 Å². The zero-order valence-electron chi connectivity index (χ0n) is 12.3. The van der Waals surface area contributed by atoms with Gasteiger partial charge in [0.25, 0.3) is 0 Å². The molecule has 2 N–H and O–H groups in total. The molecule has 0 aliphatic heterocycles. The van der Waals surface area contributed by atoms with Crippen molar-refractivity contribution in [3.63, 3.8) is 0 Å². The van der Waals surface area contributed by atoms with Gasteiger partial charge >= 0.3 is 0 Å². The highest BCUT2D eigenvalue weighted by molar-refractivity contribution is 5.33. The number of anilines is 1. The van der Waals surface area contributed by atoms with Gasteiger partial charge in [0, 0.05) is 37.1 Å². The third-order valence-corrected chi connectivity index (χ3v) is 2.74. The van der Waals surface area contributed by atoms with Crippen molar-refractivity contribution >= 4 is 5.95 Å². The second-order valence-electron chi connectivity index (χ2n) is 5.68. The molecule has 0 aliphatic carbocycles. The van der Waals surface area contributed by atoms with E-state index in [2.05, 4.69) is 42.6 Å². The van der Waals surface area contributed by atoms with Gasteiger partial charge in [0.15, 0.2) is 0 Å². The summed E-state index contributed by atoms with van der Waals surface area (Å²) in [5.74, 6) is 2.02. The first-order valence-electron chi connectivity index (χ1n) is 6.71. The molecule has 0 atom stereocenters. The van der Waals surface area contributed by atoms with Crippen molar-refractivity contribution < 1.29 is 0 Å². The van der Waals surface area contributed by atoms with Gasteiger partial charge in [0.05, 0.1) is 0 Å². The third kappa shape index (κ3) is 4.26. The summed E-state index contributed by atoms with van der Waals surface area (Å²) in [7, 11) is 0. The lowest BCUT2D eigenvalue weighted by molar-refractivity contribution is 0.543. The summed E-state index contributed by atoms with van der Waals surface area (Å²) in [5.41, 5.74) is 7.65. The van der Waals surface area contributed by atoms with Gasteiger partial charge in [-0.1, -0.05) is 27.7 Å². The van der Waals surface area contributed by atoms with Gasteiger partial charge in [0.1, 0.15) is 0 Å². The maximum atomic E-state index is 5.64. The lowest BCUT2D eigenvalue weighted by Crippen LogP contribution is -2.33. The second kappa shape index (κ2) is 6.69. The summed E-state index contributed by atoms with van der Waals surface area (Å²) in [6.07, 6.45) is 1.85. The summed E-state index contributed by atoms with van der Waals surface area (Å²) in [6.45, 7) is 13.3. The topological polar surface area (TPSA) is 55.0 Å². The summed E-state index contributed by atoms with van der Waals surface area (Å²) in [4.78, 5) is 11.3. The minimum atomic E-state index is 0.500. The molecule has 0 amide bonds. The van der Waals surface area contributed by atoms with E-state index in [9.17, 15) is 0 Å². The Kier molecular flexibility index (Phi) is 5.54. The average molecular weight is 250 g/mol. The van der Waals surface area contributed by atoms with Crippen molar-refractivity contribution in [1.29, 1.82) is 0 Å². The lowest BCUT2D eigenvalue weighted by atomic mass is 10.1. The van der Waals surface area contributed by atoms with Crippen LogP contribution in [0.3, 0.4) is 0 Å². The summed E-state index contributed by atoms with van der Waals surface area (Å²) < 4.78 is 0. The van der Waals surface area contributed by atoms with Crippen LogP contribution in [0.4, 0.5) is 5.95 Å². The summed E-state index contributed by atoms with van der Waals surface area (Å²) >= 11 is 0. The molecule has 4 nitrogen and oxygen atoms in total. The van der Waals surface area contributed by atoms with Crippen LogP contribution in [0.5, 0.6) is 0 Å². The number of hydrogen-bond acceptors (Lipinski definition) is 4. The molecule has 0 spiro atoms. The van der Waals surface area contributed by atoms with Crippen molar-refractivity contribution in [1.82, 2.24) is 9.97 Å². The number of rotatable bonds is 6. The largest absolute Gasteiger partial charge is 0.340 e. The number of nitrogens with two attached hydrogens (primary N) is 1. The number of aromatic nitrogens is 2. The Morgan fingerprint density at radius 1 is 1.17 bits per heavy atom. The van der Waals surface area contributed by atoms with E-state index < -0.39 is 0 Å². The van der Waals surface area contributed by atoms with Gasteiger partial charge in [-0.2, -0.15) is 0 Å². The molecular formula is C14H26N4. The van der Waals surface area contributed by atoms with Crippen LogP contribution in [-0.4, -0.2) is 23.1 Å². The molecule has 0 bridgehead atoms. The minimum absolute atomic E-state index is 0.500. The molecule has 0 saturated heterocycles. The molecule has 1 heterocycles. The van der Waals surface area contributed by atoms with Crippen LogP contribution in [0.1, 0.15) is 39.0 Å². The van der Waals surface area contributed by atoms with Crippen LogP contribution in [0.2, 0.25) is 0 Å². The van der Waals surface area contributed by atoms with E-state index in [0.29, 0.717) is 18.4 Å². The fourth-order valence-electron chi connectivity index (χ4n) is 1.95. The molecule has 0 aliphatic rings. The van der Waals surface area contributed by atoms with E-state index in [4.69, 9.17) is 5.73 Å². The highest BCUT2D eigenvalue weighted by Crippen LogP contribution is 2.14. The van der Waals surface area contributed by atoms with Crippen LogP contribution in [0, 0.1) is 18.8 Å². The molecule has 1 rings (SSSR count). The Labute approximate surface area is 111 Å². The maximum absolute atomic E-state index is 5.64. The number of aryl methyl sites for hydroxylation is 1. The first-order chi connectivity index (χ1) is 8.43. The molecule has 1 aromatic heterocycles. The Morgan fingerprint density at radius 3 is 2.11 bits per heavy atom. The summed E-state index contributed by atoms with van der Waals surface area (Å²) in [5, 5.41) is 0. The fourth-order valence-corrected chi connectivity index (χ4v) is 1.95. The second-order valence-corrected chi connectivity index (χ2v) is 5.68. The monoisotopic (exact) mass is 250 g/mol. The van der Waals surface area contributed by atoms with E-state index in [-0.39, 0.29) is 0 Å². The molecule has 102 valence electrons. The van der Waals surface area contributed by atoms with E-state index in [1.54, 1.807) is 0 Å². The van der Waals surface area contributed by atoms with Gasteiger partial charge < -0.3 is 10.6 Å². The highest BCUT2D eigenvalue weighted by atomic mass is 15.2. The Bertz CT molecular complexity index is 364. The predicted molar refractivity (Wildman–Crippen MR) is 76.5 cm³/mol. The average Bonchev–Trinajstić information content (AvgIpc) is 2.26. The zero-order valence-corrected chi connectivity index (χ0v) is 12.3. The van der Waals surface area contributed by atoms with E-state index >= 15 is 0 Å². The Hall–Kier alpha value is -1.16. The molecule has 0 aromatic carbocycles. The Morgan fingerprint density at radius 2 is 1.72 bits per heavy atom. The Balaban J connectivity index is 2.93. The minimum Gasteiger partial charge on any atom is -0.340 e. The van der Waals surface area contributed by atoms with Gasteiger partial charge in [-0.05, 0) is 18.8 Å². The molecule has 18 heavy (non-hydrogen) atoms. The lowest BCUT2D eigenvalue weighted by Gasteiger charge is -2.26. The molecule has 4 heteroatoms. The summed E-state index contributed by atoms with van der Waals surface area (Å²) in [6, 6.07) is 0. The molecule has 0 unspecified atom stereocenters. The molecule has 0 radical (unpaired) electrons. The molecule has 0 saturated carbocycles. The van der Waals surface area contributed by atoms with Crippen LogP contribution in [0.15, 0.2) is 6.20 Å². The molecule has 0 fully saturated rings. The SMILES string of the molecule is Cc1nc(N(CC(C)C)CC(C)C)ncc1CN. The van der Waals surface area contributed by atoms with Gasteiger partial charge in [-0.3, -0.25) is 0 Å². The van der Waals surface area contributed by atoms with Crippen molar-refractivity contribution in [3.8, 4) is 0 Å². The maximum Gasteiger partial charge on any atom is 0.225 e. The quantitative estimate of drug-likeness (QED) is 0.842. The first kappa shape index (κ1) is 14.9. The highest BCUT2D eigenvalue weighted by Gasteiger charge is 2.14. The number of nitrogens with zero attached hydrogens (tertiary/aromatic N) is 3. The van der Waals surface area contributed by atoms with E-state index in [0.717, 1.165) is 30.3 Å². The zero-order chi connectivity index (χ0) is 13.7. The van der Waals surface area contributed by atoms with Crippen LogP contribution < -0.4 is 10.6 Å². The van der Waals surface area contributed by atoms with E-state index in [1.165, 1.54) is 0 Å². The first-order valence-corrected chi connectivity index (χ1v) is 6.71. The predicted octanol–water partition coefficient (Wildman–Crippen LogP) is 2.36. The van der Waals surface area contributed by atoms with Crippen molar-refractivity contribution in [2.75, 3.05) is 18.0 Å². The van der Waals surface area contributed by atoms with Gasteiger partial charge in [-0.25, -0.2) is 9.97 Å². The van der Waals surface area contributed by atoms with Crippen LogP contribution >= 0.6 is 0 Å². The fraction of sp³-hybridized carbons (Fsp3) is 0.714. The van der Waals surface area contributed by atoms with Crippen LogP contribution in [0.25, 0.3) is 0 Å². The van der Waals surface area contributed by atoms with Gasteiger partial charge in [0.2, 0.25) is 5.95 Å². The standard InChI is InChI=1S/C14H26N4/c1-10(2)8-18(9-11(3)4)14-16-7-13(6-15)12(5)17-14/h7,10-11H,6,8-9,15H2,1-5H3. The number of hydrogen-bond donors (Lipinski definition) is 1.